The second-order valence-electron chi connectivity index (χ2n) is 3.68. The van der Waals surface area contributed by atoms with Crippen molar-refractivity contribution in [2.75, 3.05) is 0 Å². The van der Waals surface area contributed by atoms with Crippen LogP contribution in [0.3, 0.4) is 0 Å². The van der Waals surface area contributed by atoms with Crippen LogP contribution in [-0.4, -0.2) is 21.3 Å². The summed E-state index contributed by atoms with van der Waals surface area (Å²) >= 11 is 0. The molecule has 2 aromatic heterocycles. The van der Waals surface area contributed by atoms with Crippen LogP contribution >= 0.6 is 0 Å². The largest absolute Gasteiger partial charge is 0.368 e. The summed E-state index contributed by atoms with van der Waals surface area (Å²) in [5.74, 6) is -0.349. The van der Waals surface area contributed by atoms with Gasteiger partial charge in [0, 0.05) is 24.6 Å². The lowest BCUT2D eigenvalue weighted by molar-refractivity contribution is -0.119. The maximum absolute atomic E-state index is 10.9. The van der Waals surface area contributed by atoms with Crippen molar-refractivity contribution in [3.05, 3.63) is 36.3 Å². The molecule has 0 fully saturated rings. The molecule has 1 amide bonds. The zero-order valence-electron chi connectivity index (χ0n) is 9.05. The van der Waals surface area contributed by atoms with Gasteiger partial charge in [-0.3, -0.25) is 4.79 Å². The molecule has 0 spiro atoms. The molecule has 2 aromatic rings. The smallest absolute Gasteiger partial charge is 0.234 e. The van der Waals surface area contributed by atoms with Gasteiger partial charge in [-0.05, 0) is 19.1 Å². The number of pyridine rings is 1. The van der Waals surface area contributed by atoms with Gasteiger partial charge >= 0.3 is 0 Å². The highest BCUT2D eigenvalue weighted by Gasteiger charge is 2.08. The summed E-state index contributed by atoms with van der Waals surface area (Å²) in [6.07, 6.45) is 3.64. The molecule has 1 atom stereocenters. The Morgan fingerprint density at radius 1 is 1.62 bits per heavy atom. The first-order chi connectivity index (χ1) is 7.68. The van der Waals surface area contributed by atoms with Gasteiger partial charge < -0.3 is 15.5 Å². The Balaban J connectivity index is 2.15. The number of imidazole rings is 1. The molecule has 0 bridgehead atoms. The maximum atomic E-state index is 10.9. The third kappa shape index (κ3) is 2.04. The number of fused-ring (bicyclic) bond motifs is 1. The summed E-state index contributed by atoms with van der Waals surface area (Å²) in [6.45, 7) is 2.33. The van der Waals surface area contributed by atoms with Gasteiger partial charge in [-0.1, -0.05) is 6.07 Å². The third-order valence-corrected chi connectivity index (χ3v) is 2.53. The van der Waals surface area contributed by atoms with E-state index in [-0.39, 0.29) is 11.9 Å². The minimum absolute atomic E-state index is 0.334. The first-order valence-electron chi connectivity index (χ1n) is 5.12. The normalized spacial score (nSPS) is 12.8. The highest BCUT2D eigenvalue weighted by atomic mass is 16.1. The molecule has 0 saturated carbocycles. The van der Waals surface area contributed by atoms with Crippen LogP contribution in [0.15, 0.2) is 30.6 Å². The minimum atomic E-state index is -0.349. The zero-order chi connectivity index (χ0) is 11.5. The Labute approximate surface area is 93.3 Å². The molecule has 0 aliphatic rings. The quantitative estimate of drug-likeness (QED) is 0.775. The fourth-order valence-corrected chi connectivity index (χ4v) is 1.51. The van der Waals surface area contributed by atoms with Crippen LogP contribution in [0.1, 0.15) is 12.6 Å². The molecule has 0 radical (unpaired) electrons. The highest BCUT2D eigenvalue weighted by Crippen LogP contribution is 2.05. The number of carbonyl (C=O) groups excluding carboxylic acids is 1. The third-order valence-electron chi connectivity index (χ3n) is 2.53. The van der Waals surface area contributed by atoms with E-state index >= 15 is 0 Å². The van der Waals surface area contributed by atoms with E-state index in [1.54, 1.807) is 13.1 Å². The van der Waals surface area contributed by atoms with Crippen molar-refractivity contribution < 1.29 is 4.79 Å². The number of primary amides is 1. The Bertz CT molecular complexity index is 505. The first-order valence-corrected chi connectivity index (χ1v) is 5.12. The summed E-state index contributed by atoms with van der Waals surface area (Å²) in [5.41, 5.74) is 7.11. The monoisotopic (exact) mass is 218 g/mol. The van der Waals surface area contributed by atoms with Crippen LogP contribution in [-0.2, 0) is 11.3 Å². The Kier molecular flexibility index (Phi) is 2.87. The highest BCUT2D eigenvalue weighted by molar-refractivity contribution is 5.79. The average Bonchev–Trinajstić information content (AvgIpc) is 2.73. The Morgan fingerprint density at radius 3 is 3.19 bits per heavy atom. The topological polar surface area (TPSA) is 72.4 Å². The predicted octanol–water partition coefficient (Wildman–Crippen LogP) is 0.298. The summed E-state index contributed by atoms with van der Waals surface area (Å²) in [6, 6.07) is 5.52. The Morgan fingerprint density at radius 2 is 2.44 bits per heavy atom. The van der Waals surface area contributed by atoms with Crippen LogP contribution in [0.5, 0.6) is 0 Å². The van der Waals surface area contributed by atoms with Gasteiger partial charge in [0.05, 0.1) is 6.04 Å². The van der Waals surface area contributed by atoms with E-state index in [4.69, 9.17) is 5.73 Å². The van der Waals surface area contributed by atoms with Crippen molar-refractivity contribution in [1.29, 1.82) is 0 Å². The van der Waals surface area contributed by atoms with Crippen molar-refractivity contribution in [2.45, 2.75) is 19.5 Å². The van der Waals surface area contributed by atoms with Gasteiger partial charge in [0.15, 0.2) is 0 Å². The molecule has 16 heavy (non-hydrogen) atoms. The van der Waals surface area contributed by atoms with E-state index in [0.29, 0.717) is 6.54 Å². The van der Waals surface area contributed by atoms with E-state index in [9.17, 15) is 4.79 Å². The van der Waals surface area contributed by atoms with Gasteiger partial charge in [-0.15, -0.1) is 0 Å². The van der Waals surface area contributed by atoms with Gasteiger partial charge in [0.1, 0.15) is 5.65 Å². The minimum Gasteiger partial charge on any atom is -0.368 e. The van der Waals surface area contributed by atoms with Gasteiger partial charge in [-0.25, -0.2) is 4.98 Å². The molecule has 3 N–H and O–H groups in total. The number of aromatic nitrogens is 2. The number of nitrogens with zero attached hydrogens (tertiary/aromatic N) is 2. The van der Waals surface area contributed by atoms with Gasteiger partial charge in [0.2, 0.25) is 5.91 Å². The summed E-state index contributed by atoms with van der Waals surface area (Å²) in [4.78, 5) is 15.1. The second-order valence-corrected chi connectivity index (χ2v) is 3.68. The predicted molar refractivity (Wildman–Crippen MR) is 60.7 cm³/mol. The lowest BCUT2D eigenvalue weighted by Crippen LogP contribution is -2.38. The second kappa shape index (κ2) is 4.32. The molecular weight excluding hydrogens is 204 g/mol. The fourth-order valence-electron chi connectivity index (χ4n) is 1.51. The van der Waals surface area contributed by atoms with Crippen LogP contribution in [0, 0.1) is 0 Å². The molecule has 5 nitrogen and oxygen atoms in total. The number of hydrogen-bond donors (Lipinski definition) is 2. The Hall–Kier alpha value is -1.88. The van der Waals surface area contributed by atoms with Crippen molar-refractivity contribution in [1.82, 2.24) is 14.7 Å². The number of nitrogens with two attached hydrogens (primary N) is 1. The molecule has 5 heteroatoms. The number of amides is 1. The van der Waals surface area contributed by atoms with Crippen LogP contribution in [0.4, 0.5) is 0 Å². The van der Waals surface area contributed by atoms with Crippen molar-refractivity contribution in [2.24, 2.45) is 5.73 Å². The number of carbonyl (C=O) groups is 1. The molecule has 0 aliphatic heterocycles. The number of hydrogen-bond acceptors (Lipinski definition) is 3. The summed E-state index contributed by atoms with van der Waals surface area (Å²) in [5, 5.41) is 3.06. The lowest BCUT2D eigenvalue weighted by atomic mass is 10.3. The molecule has 0 aromatic carbocycles. The van der Waals surface area contributed by atoms with Crippen molar-refractivity contribution >= 4 is 11.6 Å². The maximum Gasteiger partial charge on any atom is 0.234 e. The molecule has 0 unspecified atom stereocenters. The van der Waals surface area contributed by atoms with E-state index < -0.39 is 0 Å². The first kappa shape index (κ1) is 10.6. The lowest BCUT2D eigenvalue weighted by Gasteiger charge is -2.11. The van der Waals surface area contributed by atoms with Gasteiger partial charge in [0.25, 0.3) is 0 Å². The molecule has 0 saturated heterocycles. The van der Waals surface area contributed by atoms with E-state index in [0.717, 1.165) is 11.3 Å². The zero-order valence-corrected chi connectivity index (χ0v) is 9.05. The molecule has 2 rings (SSSR count). The van der Waals surface area contributed by atoms with E-state index in [1.807, 2.05) is 28.8 Å². The van der Waals surface area contributed by atoms with Gasteiger partial charge in [-0.2, -0.15) is 0 Å². The molecule has 2 heterocycles. The van der Waals surface area contributed by atoms with Crippen LogP contribution in [0.2, 0.25) is 0 Å². The fraction of sp³-hybridized carbons (Fsp3) is 0.273. The molecule has 0 aliphatic carbocycles. The number of nitrogens with one attached hydrogen (secondary N) is 1. The standard InChI is InChI=1S/C11H14N4O/c1-8(11(12)16)14-7-9-3-2-4-10-13-5-6-15(9)10/h2-6,8,14H,7H2,1H3,(H2,12,16)/t8-/m0/s1. The molecule has 84 valence electrons. The van der Waals surface area contributed by atoms with E-state index in [2.05, 4.69) is 10.3 Å². The average molecular weight is 218 g/mol. The molecular formula is C11H14N4O. The van der Waals surface area contributed by atoms with Crippen LogP contribution in [0.25, 0.3) is 5.65 Å². The van der Waals surface area contributed by atoms with E-state index in [1.165, 1.54) is 0 Å². The summed E-state index contributed by atoms with van der Waals surface area (Å²) < 4.78 is 1.97. The van der Waals surface area contributed by atoms with Crippen molar-refractivity contribution in [3.8, 4) is 0 Å². The number of rotatable bonds is 4. The van der Waals surface area contributed by atoms with Crippen LogP contribution < -0.4 is 11.1 Å². The van der Waals surface area contributed by atoms with Crippen molar-refractivity contribution in [3.63, 3.8) is 0 Å². The summed E-state index contributed by atoms with van der Waals surface area (Å²) in [7, 11) is 0. The SMILES string of the molecule is C[C@H](NCc1cccc2nccn12)C(N)=O.